The summed E-state index contributed by atoms with van der Waals surface area (Å²) in [6.45, 7) is 1.91. The molecule has 27 heavy (non-hydrogen) atoms. The molecule has 0 aliphatic carbocycles. The van der Waals surface area contributed by atoms with Crippen LogP contribution < -0.4 is 14.4 Å². The molecule has 6 heteroatoms. The summed E-state index contributed by atoms with van der Waals surface area (Å²) in [6, 6.07) is 14.9. The first-order chi connectivity index (χ1) is 13.1. The van der Waals surface area contributed by atoms with E-state index in [0.717, 1.165) is 16.9 Å². The lowest BCUT2D eigenvalue weighted by atomic mass is 10.2. The van der Waals surface area contributed by atoms with Crippen LogP contribution in [0, 0.1) is 6.92 Å². The van der Waals surface area contributed by atoms with Gasteiger partial charge in [0.1, 0.15) is 11.5 Å². The van der Waals surface area contributed by atoms with Crippen molar-refractivity contribution in [3.63, 3.8) is 0 Å². The molecule has 0 radical (unpaired) electrons. The van der Waals surface area contributed by atoms with Gasteiger partial charge < -0.3 is 9.47 Å². The Morgan fingerprint density at radius 2 is 1.74 bits per heavy atom. The molecule has 0 aliphatic heterocycles. The zero-order chi connectivity index (χ0) is 19.2. The number of nitrogens with zero attached hydrogens (tertiary/aromatic N) is 2. The van der Waals surface area contributed by atoms with E-state index < -0.39 is 0 Å². The lowest BCUT2D eigenvalue weighted by Gasteiger charge is -2.18. The van der Waals surface area contributed by atoms with Gasteiger partial charge in [-0.15, -0.1) is 11.3 Å². The Labute approximate surface area is 162 Å². The first-order valence-electron chi connectivity index (χ1n) is 8.33. The van der Waals surface area contributed by atoms with Crippen molar-refractivity contribution in [2.45, 2.75) is 6.92 Å². The van der Waals surface area contributed by atoms with Gasteiger partial charge in [-0.05, 0) is 42.8 Å². The van der Waals surface area contributed by atoms with Gasteiger partial charge in [-0.1, -0.05) is 18.2 Å². The van der Waals surface area contributed by atoms with Crippen molar-refractivity contribution in [1.29, 1.82) is 0 Å². The van der Waals surface area contributed by atoms with Gasteiger partial charge in [0.15, 0.2) is 5.13 Å². The quantitative estimate of drug-likeness (QED) is 0.574. The minimum Gasteiger partial charge on any atom is -0.497 e. The molecular weight excluding hydrogens is 360 g/mol. The van der Waals surface area contributed by atoms with Crippen LogP contribution in [0.15, 0.2) is 60.0 Å². The van der Waals surface area contributed by atoms with E-state index in [9.17, 15) is 4.79 Å². The number of ether oxygens (including phenoxy) is 2. The van der Waals surface area contributed by atoms with Crippen molar-refractivity contribution in [2.24, 2.45) is 0 Å². The van der Waals surface area contributed by atoms with E-state index in [2.05, 4.69) is 4.98 Å². The number of hydrogen-bond acceptors (Lipinski definition) is 5. The smallest absolute Gasteiger partial charge is 0.257 e. The highest BCUT2D eigenvalue weighted by atomic mass is 32.1. The van der Waals surface area contributed by atoms with Crippen LogP contribution in [0.4, 0.5) is 10.8 Å². The second-order valence-corrected chi connectivity index (χ2v) is 6.60. The van der Waals surface area contributed by atoms with E-state index in [0.29, 0.717) is 16.6 Å². The number of anilines is 2. The zero-order valence-electron chi connectivity index (χ0n) is 15.4. The third-order valence-corrected chi connectivity index (χ3v) is 4.77. The Morgan fingerprint density at radius 1 is 1.07 bits per heavy atom. The second-order valence-electron chi connectivity index (χ2n) is 5.76. The number of rotatable bonds is 6. The van der Waals surface area contributed by atoms with E-state index in [1.807, 2.05) is 54.8 Å². The molecule has 0 fully saturated rings. The molecule has 0 spiro atoms. The summed E-state index contributed by atoms with van der Waals surface area (Å²) in [5.41, 5.74) is 2.46. The van der Waals surface area contributed by atoms with E-state index >= 15 is 0 Å². The van der Waals surface area contributed by atoms with E-state index in [-0.39, 0.29) is 5.91 Å². The largest absolute Gasteiger partial charge is 0.497 e. The maximum absolute atomic E-state index is 13.0. The average molecular weight is 380 g/mol. The Kier molecular flexibility index (Phi) is 5.88. The summed E-state index contributed by atoms with van der Waals surface area (Å²) < 4.78 is 10.6. The predicted molar refractivity (Wildman–Crippen MR) is 109 cm³/mol. The molecule has 1 amide bonds. The molecule has 0 unspecified atom stereocenters. The summed E-state index contributed by atoms with van der Waals surface area (Å²) >= 11 is 1.43. The van der Waals surface area contributed by atoms with Crippen LogP contribution >= 0.6 is 11.3 Å². The van der Waals surface area contributed by atoms with Crippen LogP contribution in [0.25, 0.3) is 6.08 Å². The van der Waals surface area contributed by atoms with Gasteiger partial charge in [-0.3, -0.25) is 9.69 Å². The minimum absolute atomic E-state index is 0.183. The molecule has 3 aromatic rings. The summed E-state index contributed by atoms with van der Waals surface area (Å²) in [5.74, 6) is 1.14. The summed E-state index contributed by atoms with van der Waals surface area (Å²) in [6.07, 6.45) is 3.27. The number of para-hydroxylation sites is 1. The topological polar surface area (TPSA) is 51.7 Å². The molecule has 3 rings (SSSR count). The number of methoxy groups -OCH3 is 2. The zero-order valence-corrected chi connectivity index (χ0v) is 16.2. The standard InChI is InChI=1S/C21H20N2O3S/c1-15-14-27-21(22-15)23(17-7-5-4-6-8-17)20(24)10-9-16-11-18(25-2)13-19(12-16)26-3/h4-14H,1-3H3. The number of aryl methyl sites for hydroxylation is 1. The fourth-order valence-electron chi connectivity index (χ4n) is 2.52. The number of aromatic nitrogens is 1. The third kappa shape index (κ3) is 4.54. The van der Waals surface area contributed by atoms with Crippen LogP contribution in [0.1, 0.15) is 11.3 Å². The van der Waals surface area contributed by atoms with Gasteiger partial charge in [-0.25, -0.2) is 4.98 Å². The monoisotopic (exact) mass is 380 g/mol. The van der Waals surface area contributed by atoms with E-state index in [1.54, 1.807) is 31.3 Å². The van der Waals surface area contributed by atoms with Crippen molar-refractivity contribution < 1.29 is 14.3 Å². The number of carbonyl (C=O) groups excluding carboxylic acids is 1. The van der Waals surface area contributed by atoms with Gasteiger partial charge >= 0.3 is 0 Å². The number of benzene rings is 2. The molecule has 1 heterocycles. The van der Waals surface area contributed by atoms with E-state index in [1.165, 1.54) is 17.4 Å². The summed E-state index contributed by atoms with van der Waals surface area (Å²) in [4.78, 5) is 19.0. The first kappa shape index (κ1) is 18.7. The predicted octanol–water partition coefficient (Wildman–Crippen LogP) is 4.85. The lowest BCUT2D eigenvalue weighted by molar-refractivity contribution is -0.113. The van der Waals surface area contributed by atoms with Gasteiger partial charge in [-0.2, -0.15) is 0 Å². The van der Waals surface area contributed by atoms with Gasteiger partial charge in [0.05, 0.1) is 25.6 Å². The van der Waals surface area contributed by atoms with Crippen molar-refractivity contribution >= 4 is 34.1 Å². The minimum atomic E-state index is -0.183. The van der Waals surface area contributed by atoms with Crippen molar-refractivity contribution in [3.05, 3.63) is 71.2 Å². The Bertz CT molecular complexity index is 929. The molecule has 0 atom stereocenters. The molecule has 0 aliphatic rings. The Hall–Kier alpha value is -3.12. The SMILES string of the molecule is COc1cc(C=CC(=O)N(c2ccccc2)c2nc(C)cs2)cc(OC)c1. The van der Waals surface area contributed by atoms with Crippen LogP contribution in [0.5, 0.6) is 11.5 Å². The Morgan fingerprint density at radius 3 is 2.30 bits per heavy atom. The Balaban J connectivity index is 1.92. The van der Waals surface area contributed by atoms with Crippen LogP contribution in [0.3, 0.4) is 0 Å². The highest BCUT2D eigenvalue weighted by molar-refractivity contribution is 7.14. The number of hydrogen-bond donors (Lipinski definition) is 0. The molecular formula is C21H20N2O3S. The van der Waals surface area contributed by atoms with E-state index in [4.69, 9.17) is 9.47 Å². The number of carbonyl (C=O) groups is 1. The fraction of sp³-hybridized carbons (Fsp3) is 0.143. The summed E-state index contributed by atoms with van der Waals surface area (Å²) in [5, 5.41) is 2.56. The van der Waals surface area contributed by atoms with Gasteiger partial charge in [0, 0.05) is 17.5 Å². The molecule has 5 nitrogen and oxygen atoms in total. The molecule has 2 aromatic carbocycles. The molecule has 0 N–H and O–H groups in total. The van der Waals surface area contributed by atoms with Gasteiger partial charge in [0.25, 0.3) is 5.91 Å². The third-order valence-electron chi connectivity index (χ3n) is 3.83. The van der Waals surface area contributed by atoms with Crippen molar-refractivity contribution in [3.8, 4) is 11.5 Å². The number of thiazole rings is 1. The summed E-state index contributed by atoms with van der Waals surface area (Å²) in [7, 11) is 3.19. The second kappa shape index (κ2) is 8.51. The first-order valence-corrected chi connectivity index (χ1v) is 9.21. The highest BCUT2D eigenvalue weighted by Crippen LogP contribution is 2.29. The molecule has 0 saturated carbocycles. The normalized spacial score (nSPS) is 10.8. The van der Waals surface area contributed by atoms with Crippen LogP contribution in [0.2, 0.25) is 0 Å². The van der Waals surface area contributed by atoms with Crippen LogP contribution in [-0.2, 0) is 4.79 Å². The van der Waals surface area contributed by atoms with Crippen molar-refractivity contribution in [2.75, 3.05) is 19.1 Å². The van der Waals surface area contributed by atoms with Gasteiger partial charge in [0.2, 0.25) is 0 Å². The maximum atomic E-state index is 13.0. The average Bonchev–Trinajstić information content (AvgIpc) is 3.12. The molecule has 0 saturated heterocycles. The maximum Gasteiger partial charge on any atom is 0.257 e. The molecule has 1 aromatic heterocycles. The molecule has 0 bridgehead atoms. The van der Waals surface area contributed by atoms with Crippen LogP contribution in [-0.4, -0.2) is 25.1 Å². The highest BCUT2D eigenvalue weighted by Gasteiger charge is 2.18. The lowest BCUT2D eigenvalue weighted by Crippen LogP contribution is -2.23. The number of amides is 1. The van der Waals surface area contributed by atoms with Crippen molar-refractivity contribution in [1.82, 2.24) is 4.98 Å². The fourth-order valence-corrected chi connectivity index (χ4v) is 3.35. The molecule has 138 valence electrons.